The molecule has 0 radical (unpaired) electrons. The number of hydrogen-bond donors (Lipinski definition) is 1. The molecule has 0 fully saturated rings. The lowest BCUT2D eigenvalue weighted by atomic mass is 9.94. The van der Waals surface area contributed by atoms with E-state index in [1.807, 2.05) is 25.1 Å². The number of nitrogens with zero attached hydrogens (tertiary/aromatic N) is 1. The fourth-order valence-electron chi connectivity index (χ4n) is 1.37. The van der Waals surface area contributed by atoms with Gasteiger partial charge in [-0.15, -0.1) is 0 Å². The van der Waals surface area contributed by atoms with Crippen LogP contribution in [0.15, 0.2) is 18.2 Å². The molecule has 0 bridgehead atoms. The molecule has 0 atom stereocenters. The molecule has 0 saturated heterocycles. The van der Waals surface area contributed by atoms with E-state index in [2.05, 4.69) is 18.3 Å². The molecule has 1 N–H and O–H groups in total. The van der Waals surface area contributed by atoms with Crippen LogP contribution in [0.5, 0.6) is 0 Å². The van der Waals surface area contributed by atoms with Crippen LogP contribution in [0.3, 0.4) is 0 Å². The lowest BCUT2D eigenvalue weighted by Crippen LogP contribution is -2.35. The van der Waals surface area contributed by atoms with Crippen molar-refractivity contribution >= 4 is 5.91 Å². The van der Waals surface area contributed by atoms with Crippen molar-refractivity contribution < 1.29 is 4.79 Å². The monoisotopic (exact) mass is 230 g/mol. The van der Waals surface area contributed by atoms with E-state index in [0.29, 0.717) is 6.54 Å². The minimum absolute atomic E-state index is 0.238. The smallest absolute Gasteiger partial charge is 0.240 e. The highest BCUT2D eigenvalue weighted by molar-refractivity contribution is 5.84. The first-order chi connectivity index (χ1) is 7.86. The van der Waals surface area contributed by atoms with Gasteiger partial charge in [-0.2, -0.15) is 5.26 Å². The lowest BCUT2D eigenvalue weighted by molar-refractivity contribution is -0.126. The van der Waals surface area contributed by atoms with Gasteiger partial charge in [0.1, 0.15) is 5.41 Å². The second kappa shape index (κ2) is 5.01. The molecule has 0 heterocycles. The van der Waals surface area contributed by atoms with Gasteiger partial charge < -0.3 is 5.32 Å². The van der Waals surface area contributed by atoms with Crippen LogP contribution in [0.4, 0.5) is 0 Å². The summed E-state index contributed by atoms with van der Waals surface area (Å²) >= 11 is 0. The second-order valence-corrected chi connectivity index (χ2v) is 4.84. The first-order valence-corrected chi connectivity index (χ1v) is 5.62. The molecule has 0 aliphatic rings. The van der Waals surface area contributed by atoms with E-state index < -0.39 is 5.41 Å². The Labute approximate surface area is 102 Å². The van der Waals surface area contributed by atoms with Crippen molar-refractivity contribution in [2.24, 2.45) is 5.41 Å². The van der Waals surface area contributed by atoms with Crippen LogP contribution in [0, 0.1) is 30.6 Å². The summed E-state index contributed by atoms with van der Waals surface area (Å²) in [5, 5.41) is 11.6. The van der Waals surface area contributed by atoms with Crippen molar-refractivity contribution in [3.05, 3.63) is 34.9 Å². The minimum atomic E-state index is -0.972. The number of rotatable bonds is 3. The maximum absolute atomic E-state index is 11.7. The molecule has 1 rings (SSSR count). The number of benzene rings is 1. The van der Waals surface area contributed by atoms with Crippen LogP contribution >= 0.6 is 0 Å². The molecule has 1 amide bonds. The highest BCUT2D eigenvalue weighted by Crippen LogP contribution is 2.14. The Kier molecular flexibility index (Phi) is 3.90. The van der Waals surface area contributed by atoms with Gasteiger partial charge in [0.15, 0.2) is 0 Å². The van der Waals surface area contributed by atoms with Crippen molar-refractivity contribution in [1.82, 2.24) is 5.32 Å². The third kappa shape index (κ3) is 3.32. The van der Waals surface area contributed by atoms with Gasteiger partial charge >= 0.3 is 0 Å². The van der Waals surface area contributed by atoms with Crippen molar-refractivity contribution in [2.75, 3.05) is 0 Å². The number of aryl methyl sites for hydroxylation is 2. The highest BCUT2D eigenvalue weighted by Gasteiger charge is 2.26. The molecule has 1 aromatic rings. The summed E-state index contributed by atoms with van der Waals surface area (Å²) in [6.07, 6.45) is 0. The Morgan fingerprint density at radius 1 is 1.35 bits per heavy atom. The van der Waals surface area contributed by atoms with E-state index in [0.717, 1.165) is 5.56 Å². The van der Waals surface area contributed by atoms with Gasteiger partial charge in [-0.3, -0.25) is 4.79 Å². The fourth-order valence-corrected chi connectivity index (χ4v) is 1.37. The molecule has 0 saturated carbocycles. The number of nitriles is 1. The molecule has 0 aliphatic heterocycles. The molecule has 0 spiro atoms. The van der Waals surface area contributed by atoms with Crippen LogP contribution in [0.2, 0.25) is 0 Å². The zero-order valence-electron chi connectivity index (χ0n) is 10.8. The summed E-state index contributed by atoms with van der Waals surface area (Å²) in [4.78, 5) is 11.7. The van der Waals surface area contributed by atoms with Crippen LogP contribution in [-0.4, -0.2) is 5.91 Å². The van der Waals surface area contributed by atoms with E-state index in [9.17, 15) is 4.79 Å². The Bertz CT molecular complexity index is 470. The second-order valence-electron chi connectivity index (χ2n) is 4.84. The van der Waals surface area contributed by atoms with E-state index in [1.54, 1.807) is 13.8 Å². The molecule has 17 heavy (non-hydrogen) atoms. The van der Waals surface area contributed by atoms with Gasteiger partial charge in [0, 0.05) is 6.54 Å². The Balaban J connectivity index is 2.66. The standard InChI is InChI=1S/C14H18N2O/c1-10-5-6-12(7-11(10)2)8-16-13(17)14(3,4)9-15/h5-7H,8H2,1-4H3,(H,16,17). The first kappa shape index (κ1) is 13.2. The summed E-state index contributed by atoms with van der Waals surface area (Å²) < 4.78 is 0. The van der Waals surface area contributed by atoms with Gasteiger partial charge in [0.05, 0.1) is 6.07 Å². The van der Waals surface area contributed by atoms with Crippen LogP contribution in [0.25, 0.3) is 0 Å². The van der Waals surface area contributed by atoms with Gasteiger partial charge in [-0.25, -0.2) is 0 Å². The van der Waals surface area contributed by atoms with Gasteiger partial charge in [0.25, 0.3) is 0 Å². The average Bonchev–Trinajstić information content (AvgIpc) is 2.30. The highest BCUT2D eigenvalue weighted by atomic mass is 16.2. The predicted molar refractivity (Wildman–Crippen MR) is 67.2 cm³/mol. The summed E-state index contributed by atoms with van der Waals surface area (Å²) in [7, 11) is 0. The van der Waals surface area contributed by atoms with E-state index in [-0.39, 0.29) is 5.91 Å². The van der Waals surface area contributed by atoms with Gasteiger partial charge in [0.2, 0.25) is 5.91 Å². The van der Waals surface area contributed by atoms with Crippen LogP contribution < -0.4 is 5.32 Å². The summed E-state index contributed by atoms with van der Waals surface area (Å²) in [6.45, 7) is 7.78. The third-order valence-electron chi connectivity index (χ3n) is 2.87. The molecule has 3 heteroatoms. The van der Waals surface area contributed by atoms with Gasteiger partial charge in [-0.1, -0.05) is 18.2 Å². The lowest BCUT2D eigenvalue weighted by Gasteiger charge is -2.15. The zero-order valence-corrected chi connectivity index (χ0v) is 10.8. The van der Waals surface area contributed by atoms with Gasteiger partial charge in [-0.05, 0) is 44.4 Å². The summed E-state index contributed by atoms with van der Waals surface area (Å²) in [6, 6.07) is 8.06. The fraction of sp³-hybridized carbons (Fsp3) is 0.429. The maximum atomic E-state index is 11.7. The SMILES string of the molecule is Cc1ccc(CNC(=O)C(C)(C)C#N)cc1C. The molecular weight excluding hydrogens is 212 g/mol. The molecule has 90 valence electrons. The van der Waals surface area contributed by atoms with Crippen molar-refractivity contribution in [3.8, 4) is 6.07 Å². The number of carbonyl (C=O) groups excluding carboxylic acids is 1. The molecular formula is C14H18N2O. The largest absolute Gasteiger partial charge is 0.351 e. The van der Waals surface area contributed by atoms with E-state index >= 15 is 0 Å². The quantitative estimate of drug-likeness (QED) is 0.867. The van der Waals surface area contributed by atoms with Crippen molar-refractivity contribution in [1.29, 1.82) is 5.26 Å². The molecule has 3 nitrogen and oxygen atoms in total. The topological polar surface area (TPSA) is 52.9 Å². The number of amides is 1. The number of hydrogen-bond acceptors (Lipinski definition) is 2. The molecule has 0 aromatic heterocycles. The average molecular weight is 230 g/mol. The van der Waals surface area contributed by atoms with Crippen LogP contribution in [0.1, 0.15) is 30.5 Å². The zero-order chi connectivity index (χ0) is 13.1. The molecule has 0 aliphatic carbocycles. The maximum Gasteiger partial charge on any atom is 0.240 e. The molecule has 0 unspecified atom stereocenters. The summed E-state index contributed by atoms with van der Waals surface area (Å²) in [5.74, 6) is -0.238. The Morgan fingerprint density at radius 3 is 2.53 bits per heavy atom. The summed E-state index contributed by atoms with van der Waals surface area (Å²) in [5.41, 5.74) is 2.52. The van der Waals surface area contributed by atoms with Crippen molar-refractivity contribution in [2.45, 2.75) is 34.2 Å². The minimum Gasteiger partial charge on any atom is -0.351 e. The Morgan fingerprint density at radius 2 is 2.00 bits per heavy atom. The third-order valence-corrected chi connectivity index (χ3v) is 2.87. The van der Waals surface area contributed by atoms with E-state index in [4.69, 9.17) is 5.26 Å². The van der Waals surface area contributed by atoms with Crippen molar-refractivity contribution in [3.63, 3.8) is 0 Å². The molecule has 1 aromatic carbocycles. The predicted octanol–water partition coefficient (Wildman–Crippen LogP) is 2.47. The van der Waals surface area contributed by atoms with Crippen LogP contribution in [-0.2, 0) is 11.3 Å². The Hall–Kier alpha value is -1.82. The van der Waals surface area contributed by atoms with E-state index in [1.165, 1.54) is 11.1 Å². The normalized spacial score (nSPS) is 10.8. The number of nitrogens with one attached hydrogen (secondary N) is 1. The number of carbonyl (C=O) groups is 1. The first-order valence-electron chi connectivity index (χ1n) is 5.62.